The molecule has 1 aromatic heterocycles. The maximum absolute atomic E-state index is 11.5. The van der Waals surface area contributed by atoms with Crippen molar-refractivity contribution in [3.63, 3.8) is 0 Å². The van der Waals surface area contributed by atoms with Gasteiger partial charge in [-0.25, -0.2) is 4.98 Å². The number of aliphatic imine (C=N–C) groups is 1. The Morgan fingerprint density at radius 3 is 2.45 bits per heavy atom. The Balaban J connectivity index is 2.58. The van der Waals surface area contributed by atoms with Gasteiger partial charge in [-0.1, -0.05) is 6.42 Å². The molecule has 110 valence electrons. The molecule has 0 aliphatic carbocycles. The fourth-order valence-electron chi connectivity index (χ4n) is 1.62. The van der Waals surface area contributed by atoms with Crippen LogP contribution in [0.25, 0.3) is 0 Å². The number of amides is 2. The summed E-state index contributed by atoms with van der Waals surface area (Å²) in [4.78, 5) is 30.3. The molecule has 20 heavy (non-hydrogen) atoms. The predicted octanol–water partition coefficient (Wildman–Crippen LogP) is -0.745. The minimum absolute atomic E-state index is 0.0440. The predicted molar refractivity (Wildman–Crippen MR) is 77.1 cm³/mol. The van der Waals surface area contributed by atoms with Gasteiger partial charge >= 0.3 is 0 Å². The van der Waals surface area contributed by atoms with Crippen molar-refractivity contribution in [2.24, 2.45) is 27.9 Å². The van der Waals surface area contributed by atoms with Gasteiger partial charge in [0.2, 0.25) is 5.91 Å². The minimum Gasteiger partial charge on any atom is -0.370 e. The molecule has 1 rings (SSSR count). The zero-order valence-corrected chi connectivity index (χ0v) is 11.7. The van der Waals surface area contributed by atoms with Crippen molar-refractivity contribution in [1.82, 2.24) is 4.98 Å². The maximum Gasteiger partial charge on any atom is 0.268 e. The highest BCUT2D eigenvalue weighted by Gasteiger charge is 2.21. The van der Waals surface area contributed by atoms with Crippen molar-refractivity contribution >= 4 is 29.1 Å². The van der Waals surface area contributed by atoms with Crippen molar-refractivity contribution in [3.05, 3.63) is 16.1 Å². The molecule has 0 spiro atoms. The Bertz CT molecular complexity index is 509. The van der Waals surface area contributed by atoms with Gasteiger partial charge in [0, 0.05) is 11.9 Å². The van der Waals surface area contributed by atoms with Crippen LogP contribution in [-0.2, 0) is 4.79 Å². The van der Waals surface area contributed by atoms with Crippen LogP contribution >= 0.6 is 11.3 Å². The zero-order chi connectivity index (χ0) is 15.1. The van der Waals surface area contributed by atoms with E-state index in [9.17, 15) is 9.59 Å². The number of nitrogens with zero attached hydrogens (tertiary/aromatic N) is 2. The first-order valence-electron chi connectivity index (χ1n) is 6.01. The van der Waals surface area contributed by atoms with Crippen molar-refractivity contribution in [2.45, 2.75) is 25.2 Å². The van der Waals surface area contributed by atoms with Gasteiger partial charge in [-0.05, 0) is 12.8 Å². The van der Waals surface area contributed by atoms with Crippen molar-refractivity contribution in [2.75, 3.05) is 6.54 Å². The number of unbranched alkanes of at least 4 members (excludes halogenated alkanes) is 1. The lowest BCUT2D eigenvalue weighted by Crippen LogP contribution is -2.23. The van der Waals surface area contributed by atoms with Gasteiger partial charge in [0.05, 0.1) is 5.92 Å². The van der Waals surface area contributed by atoms with E-state index in [1.807, 2.05) is 0 Å². The van der Waals surface area contributed by atoms with E-state index in [-0.39, 0.29) is 11.7 Å². The fraction of sp³-hybridized carbons (Fsp3) is 0.455. The third kappa shape index (κ3) is 4.84. The molecule has 0 aliphatic rings. The number of rotatable bonds is 8. The molecular formula is C11H18N6O2S. The third-order valence-corrected chi connectivity index (χ3v) is 3.57. The number of aromatic nitrogens is 1. The van der Waals surface area contributed by atoms with E-state index in [0.29, 0.717) is 18.0 Å². The lowest BCUT2D eigenvalue weighted by molar-refractivity contribution is -0.119. The molecule has 0 saturated carbocycles. The van der Waals surface area contributed by atoms with Crippen molar-refractivity contribution < 1.29 is 9.59 Å². The van der Waals surface area contributed by atoms with Gasteiger partial charge in [-0.15, -0.1) is 11.3 Å². The first-order chi connectivity index (χ1) is 9.41. The largest absolute Gasteiger partial charge is 0.370 e. The van der Waals surface area contributed by atoms with E-state index in [1.54, 1.807) is 0 Å². The number of guanidine groups is 1. The highest BCUT2D eigenvalue weighted by molar-refractivity contribution is 7.10. The molecule has 8 nitrogen and oxygen atoms in total. The number of hydrogen-bond acceptors (Lipinski definition) is 5. The Hall–Kier alpha value is -2.16. The highest BCUT2D eigenvalue weighted by Crippen LogP contribution is 2.25. The smallest absolute Gasteiger partial charge is 0.268 e. The van der Waals surface area contributed by atoms with E-state index in [0.717, 1.165) is 12.8 Å². The van der Waals surface area contributed by atoms with E-state index in [4.69, 9.17) is 22.9 Å². The normalized spacial score (nSPS) is 11.8. The lowest BCUT2D eigenvalue weighted by Gasteiger charge is -2.09. The molecule has 8 N–H and O–H groups in total. The topological polar surface area (TPSA) is 163 Å². The molecule has 0 aromatic carbocycles. The summed E-state index contributed by atoms with van der Waals surface area (Å²) in [5, 5.41) is 2.03. The second-order valence-corrected chi connectivity index (χ2v) is 5.08. The monoisotopic (exact) mass is 298 g/mol. The minimum atomic E-state index is -0.622. The molecule has 0 radical (unpaired) electrons. The average Bonchev–Trinajstić information content (AvgIpc) is 2.82. The summed E-state index contributed by atoms with van der Waals surface area (Å²) in [6.45, 7) is 0.498. The number of thiazole rings is 1. The zero-order valence-electron chi connectivity index (χ0n) is 10.9. The van der Waals surface area contributed by atoms with Gasteiger partial charge in [-0.3, -0.25) is 14.6 Å². The van der Waals surface area contributed by atoms with Crippen LogP contribution in [0.5, 0.6) is 0 Å². The molecule has 1 heterocycles. The van der Waals surface area contributed by atoms with Gasteiger partial charge in [0.25, 0.3) is 5.91 Å². The second-order valence-electron chi connectivity index (χ2n) is 4.19. The molecule has 0 bridgehead atoms. The Kier molecular flexibility index (Phi) is 5.91. The standard InChI is InChI=1S/C11H18N6O2S/c12-8(18)6(3-1-2-4-16-11(14)15)10-17-7(5-20-10)9(13)19/h5-6H,1-4H2,(H2,12,18)(H2,13,19)(H4,14,15,16)/t6-/m0/s1. The molecule has 1 aromatic rings. The van der Waals surface area contributed by atoms with Gasteiger partial charge in [0.15, 0.2) is 5.96 Å². The molecule has 0 unspecified atom stereocenters. The maximum atomic E-state index is 11.5. The molecule has 2 amide bonds. The Morgan fingerprint density at radius 1 is 1.25 bits per heavy atom. The van der Waals surface area contributed by atoms with Crippen LogP contribution in [0.15, 0.2) is 10.4 Å². The number of primary amides is 2. The first kappa shape index (κ1) is 15.9. The van der Waals surface area contributed by atoms with E-state index in [1.165, 1.54) is 16.7 Å². The molecule has 9 heteroatoms. The SMILES string of the molecule is NC(=O)c1csc([C@@H](CCCCN=C(N)N)C(N)=O)n1. The van der Waals surface area contributed by atoms with Crippen LogP contribution in [-0.4, -0.2) is 29.3 Å². The van der Waals surface area contributed by atoms with Crippen LogP contribution in [0.4, 0.5) is 0 Å². The van der Waals surface area contributed by atoms with Gasteiger partial charge < -0.3 is 22.9 Å². The van der Waals surface area contributed by atoms with Crippen LogP contribution in [0, 0.1) is 0 Å². The first-order valence-corrected chi connectivity index (χ1v) is 6.89. The summed E-state index contributed by atoms with van der Waals surface area (Å²) >= 11 is 1.20. The second kappa shape index (κ2) is 7.43. The van der Waals surface area contributed by atoms with E-state index >= 15 is 0 Å². The molecule has 0 aliphatic heterocycles. The number of carbonyl (C=O) groups excluding carboxylic acids is 2. The van der Waals surface area contributed by atoms with Crippen LogP contribution in [0.3, 0.4) is 0 Å². The highest BCUT2D eigenvalue weighted by atomic mass is 32.1. The summed E-state index contributed by atoms with van der Waals surface area (Å²) < 4.78 is 0. The summed E-state index contributed by atoms with van der Waals surface area (Å²) in [6, 6.07) is 0. The summed E-state index contributed by atoms with van der Waals surface area (Å²) in [5.41, 5.74) is 21.0. The number of nitrogens with two attached hydrogens (primary N) is 4. The van der Waals surface area contributed by atoms with E-state index < -0.39 is 17.7 Å². The summed E-state index contributed by atoms with van der Waals surface area (Å²) in [7, 11) is 0. The van der Waals surface area contributed by atoms with Gasteiger partial charge in [0.1, 0.15) is 10.7 Å². The number of hydrogen-bond donors (Lipinski definition) is 4. The molecular weight excluding hydrogens is 280 g/mol. The molecule has 0 saturated heterocycles. The Labute approximate surface area is 120 Å². The Morgan fingerprint density at radius 2 is 1.95 bits per heavy atom. The van der Waals surface area contributed by atoms with Crippen molar-refractivity contribution in [1.29, 1.82) is 0 Å². The lowest BCUT2D eigenvalue weighted by atomic mass is 10.0. The fourth-order valence-corrected chi connectivity index (χ4v) is 2.57. The van der Waals surface area contributed by atoms with Gasteiger partial charge in [-0.2, -0.15) is 0 Å². The van der Waals surface area contributed by atoms with Crippen LogP contribution < -0.4 is 22.9 Å². The summed E-state index contributed by atoms with van der Waals surface area (Å²) in [6.07, 6.45) is 1.98. The quantitative estimate of drug-likeness (QED) is 0.281. The van der Waals surface area contributed by atoms with E-state index in [2.05, 4.69) is 9.98 Å². The third-order valence-electron chi connectivity index (χ3n) is 2.61. The molecule has 1 atom stereocenters. The molecule has 0 fully saturated rings. The van der Waals surface area contributed by atoms with Crippen LogP contribution in [0.1, 0.15) is 40.7 Å². The van der Waals surface area contributed by atoms with Crippen LogP contribution in [0.2, 0.25) is 0 Å². The average molecular weight is 298 g/mol. The number of carbonyl (C=O) groups is 2. The summed E-state index contributed by atoms with van der Waals surface area (Å²) in [5.74, 6) is -1.57. The van der Waals surface area contributed by atoms with Crippen molar-refractivity contribution in [3.8, 4) is 0 Å².